The fourth-order valence-corrected chi connectivity index (χ4v) is 4.01. The lowest BCUT2D eigenvalue weighted by Crippen LogP contribution is -2.46. The van der Waals surface area contributed by atoms with Gasteiger partial charge >= 0.3 is 0 Å². The molecule has 0 bridgehead atoms. The number of carbonyl (C=O) groups excluding carboxylic acids is 2. The summed E-state index contributed by atoms with van der Waals surface area (Å²) >= 11 is 0. The van der Waals surface area contributed by atoms with E-state index >= 15 is 0 Å². The van der Waals surface area contributed by atoms with Gasteiger partial charge in [0.25, 0.3) is 0 Å². The van der Waals surface area contributed by atoms with Gasteiger partial charge < -0.3 is 14.5 Å². The summed E-state index contributed by atoms with van der Waals surface area (Å²) in [5.74, 6) is -0.473. The third kappa shape index (κ3) is 3.59. The lowest BCUT2D eigenvalue weighted by atomic mass is 9.95. The second kappa shape index (κ2) is 7.89. The van der Waals surface area contributed by atoms with Crippen LogP contribution in [0, 0.1) is 11.7 Å². The average Bonchev–Trinajstić information content (AvgIpc) is 3.16. The van der Waals surface area contributed by atoms with E-state index < -0.39 is 5.82 Å². The maximum Gasteiger partial charge on any atom is 0.245 e. The van der Waals surface area contributed by atoms with Gasteiger partial charge in [-0.05, 0) is 49.5 Å². The number of nitrogens with zero attached hydrogens (tertiary/aromatic N) is 2. The first kappa shape index (κ1) is 18.4. The quantitative estimate of drug-likeness (QED) is 0.776. The molecular weight excluding hydrogens is 335 g/mol. The molecule has 5 nitrogen and oxygen atoms in total. The van der Waals surface area contributed by atoms with E-state index in [1.807, 2.05) is 11.0 Å². The summed E-state index contributed by atoms with van der Waals surface area (Å²) in [6.07, 6.45) is 4.60. The highest BCUT2D eigenvalue weighted by Crippen LogP contribution is 2.35. The van der Waals surface area contributed by atoms with Gasteiger partial charge in [-0.15, -0.1) is 0 Å². The zero-order valence-electron chi connectivity index (χ0n) is 15.1. The molecule has 26 heavy (non-hydrogen) atoms. The van der Waals surface area contributed by atoms with Crippen molar-refractivity contribution in [2.24, 2.45) is 5.92 Å². The highest BCUT2D eigenvalue weighted by atomic mass is 19.1. The van der Waals surface area contributed by atoms with Crippen molar-refractivity contribution in [3.05, 3.63) is 42.2 Å². The Bertz CT molecular complexity index is 706. The van der Waals surface area contributed by atoms with E-state index in [4.69, 9.17) is 4.74 Å². The predicted octanol–water partition coefficient (Wildman–Crippen LogP) is 2.92. The van der Waals surface area contributed by atoms with Crippen LogP contribution in [0.3, 0.4) is 0 Å². The molecule has 0 spiro atoms. The minimum Gasteiger partial charge on any atom is -0.494 e. The Morgan fingerprint density at radius 3 is 2.73 bits per heavy atom. The third-order valence-electron chi connectivity index (χ3n) is 5.35. The topological polar surface area (TPSA) is 49.9 Å². The molecule has 2 heterocycles. The maximum atomic E-state index is 14.1. The van der Waals surface area contributed by atoms with Gasteiger partial charge in [-0.25, -0.2) is 4.39 Å². The van der Waals surface area contributed by atoms with E-state index in [1.165, 1.54) is 19.3 Å². The number of methoxy groups -OCH3 is 1. The van der Waals surface area contributed by atoms with Crippen LogP contribution in [0.2, 0.25) is 0 Å². The van der Waals surface area contributed by atoms with Crippen molar-refractivity contribution in [2.75, 3.05) is 26.7 Å². The van der Waals surface area contributed by atoms with Crippen molar-refractivity contribution in [1.82, 2.24) is 9.80 Å². The fraction of sp³-hybridized carbons (Fsp3) is 0.500. The molecule has 2 aliphatic heterocycles. The largest absolute Gasteiger partial charge is 0.494 e. The van der Waals surface area contributed by atoms with E-state index in [1.54, 1.807) is 11.0 Å². The SMILES string of the molecule is C=CC(=O)N1CCCC(C(=O)N2CCCC2c2ccc(OC)c(F)c2)C1. The van der Waals surface area contributed by atoms with Gasteiger partial charge in [0.2, 0.25) is 11.8 Å². The first-order valence-electron chi connectivity index (χ1n) is 9.10. The molecule has 0 N–H and O–H groups in total. The van der Waals surface area contributed by atoms with Gasteiger partial charge in [0, 0.05) is 19.6 Å². The van der Waals surface area contributed by atoms with Crippen LogP contribution in [0.4, 0.5) is 4.39 Å². The highest BCUT2D eigenvalue weighted by molar-refractivity contribution is 5.88. The Hall–Kier alpha value is -2.37. The molecule has 2 amide bonds. The van der Waals surface area contributed by atoms with Crippen LogP contribution in [-0.2, 0) is 9.59 Å². The summed E-state index contributed by atoms with van der Waals surface area (Å²) < 4.78 is 19.1. The van der Waals surface area contributed by atoms with Crippen LogP contribution >= 0.6 is 0 Å². The van der Waals surface area contributed by atoms with Crippen LogP contribution in [0.1, 0.15) is 37.3 Å². The first-order chi connectivity index (χ1) is 12.5. The molecular formula is C20H25FN2O3. The molecule has 0 radical (unpaired) electrons. The van der Waals surface area contributed by atoms with Crippen LogP contribution < -0.4 is 4.74 Å². The lowest BCUT2D eigenvalue weighted by molar-refractivity contribution is -0.140. The van der Waals surface area contributed by atoms with E-state index in [9.17, 15) is 14.0 Å². The molecule has 2 fully saturated rings. The second-order valence-corrected chi connectivity index (χ2v) is 6.91. The summed E-state index contributed by atoms with van der Waals surface area (Å²) in [6.45, 7) is 5.30. The molecule has 0 aliphatic carbocycles. The summed E-state index contributed by atoms with van der Waals surface area (Å²) in [6, 6.07) is 4.78. The zero-order chi connectivity index (χ0) is 18.7. The molecule has 1 aromatic carbocycles. The van der Waals surface area contributed by atoms with Gasteiger partial charge in [-0.1, -0.05) is 12.6 Å². The van der Waals surface area contributed by atoms with Gasteiger partial charge in [-0.2, -0.15) is 0 Å². The van der Waals surface area contributed by atoms with Crippen molar-refractivity contribution in [3.8, 4) is 5.75 Å². The zero-order valence-corrected chi connectivity index (χ0v) is 15.1. The molecule has 1 aromatic rings. The monoisotopic (exact) mass is 360 g/mol. The number of rotatable bonds is 4. The highest BCUT2D eigenvalue weighted by Gasteiger charge is 2.36. The summed E-state index contributed by atoms with van der Waals surface area (Å²) in [7, 11) is 1.43. The Kier molecular flexibility index (Phi) is 5.59. The molecule has 3 rings (SSSR count). The van der Waals surface area contributed by atoms with E-state index in [0.29, 0.717) is 19.6 Å². The number of hydrogen-bond acceptors (Lipinski definition) is 3. The summed E-state index contributed by atoms with van der Waals surface area (Å²) in [5, 5.41) is 0. The van der Waals surface area contributed by atoms with Crippen molar-refractivity contribution in [2.45, 2.75) is 31.7 Å². The smallest absolute Gasteiger partial charge is 0.245 e. The Balaban J connectivity index is 1.75. The molecule has 6 heteroatoms. The number of halogens is 1. The molecule has 0 aromatic heterocycles. The normalized spacial score (nSPS) is 23.0. The Morgan fingerprint density at radius 1 is 1.27 bits per heavy atom. The minimum atomic E-state index is -0.412. The Morgan fingerprint density at radius 2 is 2.04 bits per heavy atom. The molecule has 2 unspecified atom stereocenters. The summed E-state index contributed by atoms with van der Waals surface area (Å²) in [5.41, 5.74) is 0.795. The Labute approximate surface area is 153 Å². The van der Waals surface area contributed by atoms with Crippen LogP contribution in [0.5, 0.6) is 5.75 Å². The first-order valence-corrected chi connectivity index (χ1v) is 9.10. The number of likely N-dealkylation sites (tertiary alicyclic amines) is 2. The van der Waals surface area contributed by atoms with E-state index in [2.05, 4.69) is 6.58 Å². The van der Waals surface area contributed by atoms with E-state index in [-0.39, 0.29) is 29.5 Å². The fourth-order valence-electron chi connectivity index (χ4n) is 4.01. The van der Waals surface area contributed by atoms with Crippen LogP contribution in [0.25, 0.3) is 0 Å². The predicted molar refractivity (Wildman–Crippen MR) is 96.1 cm³/mol. The molecule has 2 saturated heterocycles. The van der Waals surface area contributed by atoms with Gasteiger partial charge in [-0.3, -0.25) is 9.59 Å². The van der Waals surface area contributed by atoms with Gasteiger partial charge in [0.05, 0.1) is 19.1 Å². The molecule has 0 saturated carbocycles. The van der Waals surface area contributed by atoms with Crippen molar-refractivity contribution in [1.29, 1.82) is 0 Å². The van der Waals surface area contributed by atoms with Gasteiger partial charge in [0.1, 0.15) is 0 Å². The second-order valence-electron chi connectivity index (χ2n) is 6.91. The van der Waals surface area contributed by atoms with E-state index in [0.717, 1.165) is 31.2 Å². The number of amides is 2. The number of carbonyl (C=O) groups is 2. The number of benzene rings is 1. The average molecular weight is 360 g/mol. The molecule has 2 aliphatic rings. The van der Waals surface area contributed by atoms with Crippen molar-refractivity contribution in [3.63, 3.8) is 0 Å². The maximum absolute atomic E-state index is 14.1. The number of ether oxygens (including phenoxy) is 1. The number of piperidine rings is 1. The van der Waals surface area contributed by atoms with Crippen molar-refractivity contribution >= 4 is 11.8 Å². The summed E-state index contributed by atoms with van der Waals surface area (Å²) in [4.78, 5) is 28.5. The standard InChI is InChI=1S/C20H25FN2O3/c1-3-19(24)22-10-4-6-15(13-22)20(25)23-11-5-7-17(23)14-8-9-18(26-2)16(21)12-14/h3,8-9,12,15,17H,1,4-7,10-11,13H2,2H3. The third-order valence-corrected chi connectivity index (χ3v) is 5.35. The molecule has 140 valence electrons. The van der Waals surface area contributed by atoms with Crippen LogP contribution in [0.15, 0.2) is 30.9 Å². The minimum absolute atomic E-state index is 0.0605. The van der Waals surface area contributed by atoms with Crippen molar-refractivity contribution < 1.29 is 18.7 Å². The van der Waals surface area contributed by atoms with Crippen LogP contribution in [-0.4, -0.2) is 48.4 Å². The lowest BCUT2D eigenvalue weighted by Gasteiger charge is -2.35. The van der Waals surface area contributed by atoms with Gasteiger partial charge in [0.15, 0.2) is 11.6 Å². The molecule has 2 atom stereocenters. The number of hydrogen-bond donors (Lipinski definition) is 0.